The highest BCUT2D eigenvalue weighted by Gasteiger charge is 1.96. The third-order valence-corrected chi connectivity index (χ3v) is 3.95. The van der Waals surface area contributed by atoms with Gasteiger partial charge in [-0.05, 0) is 24.3 Å². The molecule has 2 amide bonds. The number of nitrogens with two attached hydrogens (primary N) is 2. The third-order valence-electron chi connectivity index (χ3n) is 1.82. The van der Waals surface area contributed by atoms with E-state index in [2.05, 4.69) is 0 Å². The number of carbonyl (C=O) groups excluding carboxylic acids is 2. The first kappa shape index (κ1) is 15.6. The van der Waals surface area contributed by atoms with Crippen molar-refractivity contribution in [3.05, 3.63) is 0 Å². The Bertz CT molecular complexity index is 191. The van der Waals surface area contributed by atoms with Crippen molar-refractivity contribution in [2.45, 2.75) is 25.7 Å². The Balaban J connectivity index is 2.98. The standard InChI is InChI=1S/C10H20N2O2S2/c11-9(13)7-15-5-3-1-2-4-6-16-8-10(12)14/h1-8H2,(H2,11,13)(H2,12,14). The zero-order chi connectivity index (χ0) is 12.2. The first-order chi connectivity index (χ1) is 7.63. The Labute approximate surface area is 105 Å². The van der Waals surface area contributed by atoms with Crippen LogP contribution in [0.1, 0.15) is 25.7 Å². The number of primary amides is 2. The second-order valence-corrected chi connectivity index (χ2v) is 5.66. The highest BCUT2D eigenvalue weighted by Crippen LogP contribution is 2.10. The fourth-order valence-corrected chi connectivity index (χ4v) is 2.61. The molecule has 0 heterocycles. The molecule has 0 aromatic carbocycles. The minimum Gasteiger partial charge on any atom is -0.369 e. The lowest BCUT2D eigenvalue weighted by atomic mass is 10.2. The molecule has 0 aromatic rings. The van der Waals surface area contributed by atoms with E-state index >= 15 is 0 Å². The summed E-state index contributed by atoms with van der Waals surface area (Å²) < 4.78 is 0. The summed E-state index contributed by atoms with van der Waals surface area (Å²) in [7, 11) is 0. The monoisotopic (exact) mass is 264 g/mol. The molecule has 0 aliphatic rings. The van der Waals surface area contributed by atoms with E-state index in [0.29, 0.717) is 11.5 Å². The van der Waals surface area contributed by atoms with Crippen molar-refractivity contribution in [3.63, 3.8) is 0 Å². The van der Waals surface area contributed by atoms with Crippen LogP contribution in [0.15, 0.2) is 0 Å². The molecular weight excluding hydrogens is 244 g/mol. The lowest BCUT2D eigenvalue weighted by Crippen LogP contribution is -2.13. The van der Waals surface area contributed by atoms with Crippen LogP contribution in [-0.4, -0.2) is 34.8 Å². The highest BCUT2D eigenvalue weighted by atomic mass is 32.2. The molecule has 16 heavy (non-hydrogen) atoms. The molecular formula is C10H20N2O2S2. The number of carbonyl (C=O) groups is 2. The summed E-state index contributed by atoms with van der Waals surface area (Å²) in [6, 6.07) is 0. The molecule has 0 radical (unpaired) electrons. The number of thioether (sulfide) groups is 2. The molecule has 0 aliphatic carbocycles. The van der Waals surface area contributed by atoms with Gasteiger partial charge in [0.05, 0.1) is 11.5 Å². The average molecular weight is 264 g/mol. The molecule has 0 spiro atoms. The lowest BCUT2D eigenvalue weighted by Gasteiger charge is -2.01. The third kappa shape index (κ3) is 13.6. The maximum Gasteiger partial charge on any atom is 0.227 e. The van der Waals surface area contributed by atoms with E-state index in [9.17, 15) is 9.59 Å². The summed E-state index contributed by atoms with van der Waals surface area (Å²) >= 11 is 3.19. The fourth-order valence-electron chi connectivity index (χ4n) is 1.11. The molecule has 0 aliphatic heterocycles. The maximum absolute atomic E-state index is 10.4. The van der Waals surface area contributed by atoms with Crippen molar-refractivity contribution < 1.29 is 9.59 Å². The van der Waals surface area contributed by atoms with Gasteiger partial charge in [-0.25, -0.2) is 0 Å². The zero-order valence-corrected chi connectivity index (χ0v) is 11.1. The molecule has 0 saturated heterocycles. The predicted octanol–water partition coefficient (Wildman–Crippen LogP) is 0.984. The smallest absolute Gasteiger partial charge is 0.227 e. The Morgan fingerprint density at radius 3 is 1.44 bits per heavy atom. The highest BCUT2D eigenvalue weighted by molar-refractivity contribution is 8.00. The van der Waals surface area contributed by atoms with Crippen molar-refractivity contribution in [1.82, 2.24) is 0 Å². The molecule has 94 valence electrons. The average Bonchev–Trinajstić information content (AvgIpc) is 2.20. The van der Waals surface area contributed by atoms with E-state index in [1.54, 1.807) is 23.5 Å². The largest absolute Gasteiger partial charge is 0.369 e. The van der Waals surface area contributed by atoms with E-state index in [0.717, 1.165) is 24.3 Å². The number of amides is 2. The summed E-state index contributed by atoms with van der Waals surface area (Å²) in [5, 5.41) is 0. The summed E-state index contributed by atoms with van der Waals surface area (Å²) in [5.41, 5.74) is 10.0. The van der Waals surface area contributed by atoms with E-state index in [4.69, 9.17) is 11.5 Å². The molecule has 4 nitrogen and oxygen atoms in total. The van der Waals surface area contributed by atoms with Gasteiger partial charge in [0, 0.05) is 0 Å². The van der Waals surface area contributed by atoms with Gasteiger partial charge in [-0.15, -0.1) is 0 Å². The molecule has 0 aromatic heterocycles. The first-order valence-electron chi connectivity index (χ1n) is 5.35. The van der Waals surface area contributed by atoms with Crippen LogP contribution in [0.5, 0.6) is 0 Å². The summed E-state index contributed by atoms with van der Waals surface area (Å²) in [6.45, 7) is 0. The number of rotatable bonds is 11. The van der Waals surface area contributed by atoms with Crippen LogP contribution in [0.2, 0.25) is 0 Å². The van der Waals surface area contributed by atoms with Crippen LogP contribution in [0.3, 0.4) is 0 Å². The molecule has 6 heteroatoms. The minimum atomic E-state index is -0.243. The molecule has 0 bridgehead atoms. The van der Waals surface area contributed by atoms with Gasteiger partial charge >= 0.3 is 0 Å². The second kappa shape index (κ2) is 11.1. The minimum absolute atomic E-state index is 0.243. The van der Waals surface area contributed by atoms with Crippen molar-refractivity contribution in [2.24, 2.45) is 11.5 Å². The van der Waals surface area contributed by atoms with Gasteiger partial charge in [-0.2, -0.15) is 23.5 Å². The van der Waals surface area contributed by atoms with Crippen LogP contribution in [0.25, 0.3) is 0 Å². The first-order valence-corrected chi connectivity index (χ1v) is 7.66. The van der Waals surface area contributed by atoms with E-state index in [-0.39, 0.29) is 11.8 Å². The van der Waals surface area contributed by atoms with E-state index in [1.165, 1.54) is 12.8 Å². The van der Waals surface area contributed by atoms with Gasteiger partial charge in [0.2, 0.25) is 11.8 Å². The van der Waals surface area contributed by atoms with Gasteiger partial charge in [0.25, 0.3) is 0 Å². The van der Waals surface area contributed by atoms with Gasteiger partial charge in [0.1, 0.15) is 0 Å². The SMILES string of the molecule is NC(=O)CSCCCCCCSCC(N)=O. The van der Waals surface area contributed by atoms with Gasteiger partial charge in [0.15, 0.2) is 0 Å². The van der Waals surface area contributed by atoms with Crippen LogP contribution in [0.4, 0.5) is 0 Å². The van der Waals surface area contributed by atoms with Crippen molar-refractivity contribution >= 4 is 35.3 Å². The lowest BCUT2D eigenvalue weighted by molar-refractivity contribution is -0.116. The fraction of sp³-hybridized carbons (Fsp3) is 0.800. The summed E-state index contributed by atoms with van der Waals surface area (Å²) in [6.07, 6.45) is 4.59. The molecule has 0 unspecified atom stereocenters. The predicted molar refractivity (Wildman–Crippen MR) is 71.5 cm³/mol. The van der Waals surface area contributed by atoms with Crippen LogP contribution < -0.4 is 11.5 Å². The summed E-state index contributed by atoms with van der Waals surface area (Å²) in [4.78, 5) is 20.8. The Hall–Kier alpha value is -0.360. The Morgan fingerprint density at radius 2 is 1.12 bits per heavy atom. The number of hydrogen-bond acceptors (Lipinski definition) is 4. The van der Waals surface area contributed by atoms with Gasteiger partial charge in [-0.1, -0.05) is 12.8 Å². The Morgan fingerprint density at radius 1 is 0.750 bits per heavy atom. The second-order valence-electron chi connectivity index (χ2n) is 3.45. The van der Waals surface area contributed by atoms with Gasteiger partial charge < -0.3 is 11.5 Å². The van der Waals surface area contributed by atoms with E-state index < -0.39 is 0 Å². The molecule has 4 N–H and O–H groups in total. The zero-order valence-electron chi connectivity index (χ0n) is 9.44. The normalized spacial score (nSPS) is 10.2. The maximum atomic E-state index is 10.4. The van der Waals surface area contributed by atoms with E-state index in [1.807, 2.05) is 0 Å². The summed E-state index contributed by atoms with van der Waals surface area (Å²) in [5.74, 6) is 2.36. The molecule has 0 atom stereocenters. The van der Waals surface area contributed by atoms with Crippen LogP contribution in [-0.2, 0) is 9.59 Å². The number of unbranched alkanes of at least 4 members (excludes halogenated alkanes) is 3. The van der Waals surface area contributed by atoms with Gasteiger partial charge in [-0.3, -0.25) is 9.59 Å². The van der Waals surface area contributed by atoms with Crippen molar-refractivity contribution in [1.29, 1.82) is 0 Å². The molecule has 0 saturated carbocycles. The topological polar surface area (TPSA) is 86.2 Å². The number of hydrogen-bond donors (Lipinski definition) is 2. The molecule has 0 rings (SSSR count). The van der Waals surface area contributed by atoms with Crippen molar-refractivity contribution in [2.75, 3.05) is 23.0 Å². The van der Waals surface area contributed by atoms with Crippen LogP contribution >= 0.6 is 23.5 Å². The van der Waals surface area contributed by atoms with Crippen molar-refractivity contribution in [3.8, 4) is 0 Å². The molecule has 0 fully saturated rings. The quantitative estimate of drug-likeness (QED) is 0.545. The Kier molecular flexibility index (Phi) is 10.9. The van der Waals surface area contributed by atoms with Crippen LogP contribution in [0, 0.1) is 0 Å².